The Morgan fingerprint density at radius 3 is 2.11 bits per heavy atom. The molecule has 6 heteroatoms. The summed E-state index contributed by atoms with van der Waals surface area (Å²) in [6.07, 6.45) is -4.36. The molecule has 0 N–H and O–H groups in total. The lowest BCUT2D eigenvalue weighted by molar-refractivity contribution is -0.165. The molecular formula is C13H15F3O2Si. The Bertz CT molecular complexity index is 473. The number of alkyl halides is 3. The van der Waals surface area contributed by atoms with Gasteiger partial charge in [-0.25, -0.2) is 0 Å². The molecule has 19 heavy (non-hydrogen) atoms. The fourth-order valence-corrected chi connectivity index (χ4v) is 2.14. The smallest absolute Gasteiger partial charge is 0.454 e. The predicted octanol–water partition coefficient (Wildman–Crippen LogP) is 4.01. The van der Waals surface area contributed by atoms with Crippen molar-refractivity contribution in [2.24, 2.45) is 0 Å². The van der Waals surface area contributed by atoms with E-state index in [-0.39, 0.29) is 5.76 Å². The lowest BCUT2D eigenvalue weighted by Gasteiger charge is -2.22. The summed E-state index contributed by atoms with van der Waals surface area (Å²) >= 11 is 0. The van der Waals surface area contributed by atoms with E-state index >= 15 is 0 Å². The van der Waals surface area contributed by atoms with Crippen molar-refractivity contribution >= 4 is 19.9 Å². The average molecular weight is 288 g/mol. The molecule has 2 nitrogen and oxygen atoms in total. The van der Waals surface area contributed by atoms with Gasteiger partial charge in [-0.15, -0.1) is 0 Å². The highest BCUT2D eigenvalue weighted by atomic mass is 28.4. The first-order chi connectivity index (χ1) is 8.59. The molecule has 104 valence electrons. The van der Waals surface area contributed by atoms with Crippen molar-refractivity contribution < 1.29 is 22.4 Å². The second-order valence-electron chi connectivity index (χ2n) is 4.95. The maximum Gasteiger partial charge on any atom is 0.454 e. The summed E-state index contributed by atoms with van der Waals surface area (Å²) in [5, 5.41) is 0. The molecule has 1 rings (SSSR count). The second kappa shape index (κ2) is 5.60. The van der Waals surface area contributed by atoms with Crippen LogP contribution in [0, 0.1) is 0 Å². The van der Waals surface area contributed by atoms with Crippen LogP contribution in [-0.4, -0.2) is 20.3 Å². The molecule has 0 spiro atoms. The first kappa shape index (κ1) is 15.5. The predicted molar refractivity (Wildman–Crippen MR) is 69.9 cm³/mol. The first-order valence-corrected chi connectivity index (χ1v) is 9.08. The van der Waals surface area contributed by atoms with Crippen LogP contribution in [0.1, 0.15) is 5.56 Å². The van der Waals surface area contributed by atoms with Gasteiger partial charge in [0.05, 0.1) is 0 Å². The fourth-order valence-electron chi connectivity index (χ4n) is 1.30. The molecular weight excluding hydrogens is 273 g/mol. The molecule has 0 unspecified atom stereocenters. The summed E-state index contributed by atoms with van der Waals surface area (Å²) in [5.41, 5.74) is 0.461. The quantitative estimate of drug-likeness (QED) is 0.475. The van der Waals surface area contributed by atoms with Crippen molar-refractivity contribution in [3.05, 3.63) is 42.0 Å². The number of rotatable bonds is 4. The van der Waals surface area contributed by atoms with Crippen LogP contribution in [-0.2, 0) is 9.22 Å². The molecule has 0 amide bonds. The maximum absolute atomic E-state index is 12.3. The van der Waals surface area contributed by atoms with Crippen LogP contribution >= 0.6 is 0 Å². The average Bonchev–Trinajstić information content (AvgIpc) is 2.26. The molecule has 0 radical (unpaired) electrons. The summed E-state index contributed by atoms with van der Waals surface area (Å²) < 4.78 is 42.5. The summed E-state index contributed by atoms with van der Waals surface area (Å²) in [6.45, 7) is 5.51. The van der Waals surface area contributed by atoms with Crippen molar-refractivity contribution in [3.8, 4) is 0 Å². The monoisotopic (exact) mass is 288 g/mol. The van der Waals surface area contributed by atoms with Gasteiger partial charge in [0.2, 0.25) is 8.32 Å². The minimum absolute atomic E-state index is 0.0258. The standard InChI is InChI=1S/C13H15F3O2Si/c1-19(2,3)18-11(9-12(17)13(14,15)16)10-7-5-4-6-8-10/h4-9H,1-3H3/b11-9-. The second-order valence-corrected chi connectivity index (χ2v) is 9.38. The van der Waals surface area contributed by atoms with E-state index in [1.807, 2.05) is 19.6 Å². The van der Waals surface area contributed by atoms with Crippen LogP contribution in [0.15, 0.2) is 36.4 Å². The van der Waals surface area contributed by atoms with E-state index in [4.69, 9.17) is 4.43 Å². The molecule has 0 aliphatic heterocycles. The van der Waals surface area contributed by atoms with E-state index in [1.165, 1.54) is 0 Å². The van der Waals surface area contributed by atoms with E-state index in [9.17, 15) is 18.0 Å². The lowest BCUT2D eigenvalue weighted by atomic mass is 10.1. The molecule has 0 saturated carbocycles. The van der Waals surface area contributed by atoms with Gasteiger partial charge in [0.15, 0.2) is 0 Å². The summed E-state index contributed by atoms with van der Waals surface area (Å²) in [7, 11) is -2.12. The third-order valence-corrected chi connectivity index (χ3v) is 2.85. The van der Waals surface area contributed by atoms with Crippen LogP contribution < -0.4 is 0 Å². The van der Waals surface area contributed by atoms with Crippen molar-refractivity contribution in [3.63, 3.8) is 0 Å². The van der Waals surface area contributed by atoms with Gasteiger partial charge in [0.1, 0.15) is 5.76 Å². The minimum atomic E-state index is -4.89. The first-order valence-electron chi connectivity index (χ1n) is 5.67. The molecule has 0 aliphatic rings. The summed E-state index contributed by atoms with van der Waals surface area (Å²) in [5.74, 6) is -1.94. The van der Waals surface area contributed by atoms with Crippen molar-refractivity contribution in [2.75, 3.05) is 0 Å². The Morgan fingerprint density at radius 2 is 1.68 bits per heavy atom. The van der Waals surface area contributed by atoms with E-state index in [0.717, 1.165) is 0 Å². The van der Waals surface area contributed by atoms with Gasteiger partial charge in [0, 0.05) is 11.6 Å². The highest BCUT2D eigenvalue weighted by Gasteiger charge is 2.37. The van der Waals surface area contributed by atoms with Crippen molar-refractivity contribution in [1.82, 2.24) is 0 Å². The van der Waals surface area contributed by atoms with Crippen LogP contribution in [0.5, 0.6) is 0 Å². The van der Waals surface area contributed by atoms with E-state index < -0.39 is 20.3 Å². The molecule has 0 heterocycles. The molecule has 0 aromatic heterocycles. The molecule has 0 saturated heterocycles. The van der Waals surface area contributed by atoms with Gasteiger partial charge < -0.3 is 4.43 Å². The SMILES string of the molecule is C[Si](C)(C)O/C(=C\C(=O)C(F)(F)F)c1ccccc1. The Morgan fingerprint density at radius 1 is 1.16 bits per heavy atom. The van der Waals surface area contributed by atoms with Crippen LogP contribution in [0.25, 0.3) is 5.76 Å². The van der Waals surface area contributed by atoms with Gasteiger partial charge >= 0.3 is 6.18 Å². The fraction of sp³-hybridized carbons (Fsp3) is 0.308. The van der Waals surface area contributed by atoms with Crippen LogP contribution in [0.3, 0.4) is 0 Å². The number of benzene rings is 1. The number of hydrogen-bond acceptors (Lipinski definition) is 2. The Kier molecular flexibility index (Phi) is 4.57. The Labute approximate surface area is 111 Å². The molecule has 1 aromatic rings. The van der Waals surface area contributed by atoms with E-state index in [0.29, 0.717) is 11.6 Å². The zero-order chi connectivity index (χ0) is 14.7. The van der Waals surface area contributed by atoms with E-state index in [2.05, 4.69) is 0 Å². The van der Waals surface area contributed by atoms with Crippen LogP contribution in [0.4, 0.5) is 13.2 Å². The molecule has 0 fully saturated rings. The zero-order valence-electron chi connectivity index (χ0n) is 10.9. The minimum Gasteiger partial charge on any atom is -0.544 e. The van der Waals surface area contributed by atoms with Gasteiger partial charge in [-0.3, -0.25) is 4.79 Å². The lowest BCUT2D eigenvalue weighted by Crippen LogP contribution is -2.26. The third kappa shape index (κ3) is 5.29. The highest BCUT2D eigenvalue weighted by Crippen LogP contribution is 2.24. The summed E-state index contributed by atoms with van der Waals surface area (Å²) in [6, 6.07) is 8.30. The summed E-state index contributed by atoms with van der Waals surface area (Å²) in [4.78, 5) is 11.1. The number of ketones is 1. The van der Waals surface area contributed by atoms with Crippen molar-refractivity contribution in [2.45, 2.75) is 25.8 Å². The molecule has 0 bridgehead atoms. The van der Waals surface area contributed by atoms with Crippen molar-refractivity contribution in [1.29, 1.82) is 0 Å². The molecule has 0 aliphatic carbocycles. The topological polar surface area (TPSA) is 26.3 Å². The van der Waals surface area contributed by atoms with E-state index in [1.54, 1.807) is 30.3 Å². The zero-order valence-corrected chi connectivity index (χ0v) is 11.9. The third-order valence-electron chi connectivity index (χ3n) is 2.02. The Balaban J connectivity index is 3.14. The number of carbonyl (C=O) groups excluding carboxylic acids is 1. The number of hydrogen-bond donors (Lipinski definition) is 0. The Hall–Kier alpha value is -1.56. The maximum atomic E-state index is 12.3. The van der Waals surface area contributed by atoms with Gasteiger partial charge in [-0.1, -0.05) is 30.3 Å². The normalized spacial score (nSPS) is 13.3. The number of halogens is 3. The highest BCUT2D eigenvalue weighted by molar-refractivity contribution is 6.70. The number of carbonyl (C=O) groups is 1. The molecule has 1 aromatic carbocycles. The largest absolute Gasteiger partial charge is 0.544 e. The van der Waals surface area contributed by atoms with Crippen LogP contribution in [0.2, 0.25) is 19.6 Å². The molecule has 0 atom stereocenters. The van der Waals surface area contributed by atoms with Gasteiger partial charge in [-0.05, 0) is 19.6 Å². The van der Waals surface area contributed by atoms with Gasteiger partial charge in [0.25, 0.3) is 5.78 Å². The number of allylic oxidation sites excluding steroid dienone is 1. The van der Waals surface area contributed by atoms with Gasteiger partial charge in [-0.2, -0.15) is 13.2 Å².